The summed E-state index contributed by atoms with van der Waals surface area (Å²) in [5.41, 5.74) is 3.52. The third kappa shape index (κ3) is 5.12. The molecule has 0 bridgehead atoms. The summed E-state index contributed by atoms with van der Waals surface area (Å²) >= 11 is 0. The monoisotopic (exact) mass is 473 g/mol. The first kappa shape index (κ1) is 23.6. The van der Waals surface area contributed by atoms with E-state index < -0.39 is 0 Å². The molecule has 0 spiro atoms. The van der Waals surface area contributed by atoms with Gasteiger partial charge >= 0.3 is 0 Å². The van der Waals surface area contributed by atoms with Gasteiger partial charge in [0, 0.05) is 42.5 Å². The average Bonchev–Trinajstić information content (AvgIpc) is 3.14. The van der Waals surface area contributed by atoms with E-state index in [1.165, 1.54) is 18.4 Å². The summed E-state index contributed by atoms with van der Waals surface area (Å²) in [6.07, 6.45) is 8.77. The van der Waals surface area contributed by atoms with Gasteiger partial charge in [-0.15, -0.1) is 0 Å². The Kier molecular flexibility index (Phi) is 7.16. The molecule has 2 aromatic carbocycles. The molecule has 1 N–H and O–H groups in total. The number of rotatable bonds is 4. The van der Waals surface area contributed by atoms with E-state index in [9.17, 15) is 14.4 Å². The maximum Gasteiger partial charge on any atom is 0.253 e. The first-order valence-corrected chi connectivity index (χ1v) is 13.2. The molecule has 1 aliphatic carbocycles. The molecular formula is C29H35N3O3. The van der Waals surface area contributed by atoms with Crippen LogP contribution in [0.25, 0.3) is 0 Å². The zero-order valence-electron chi connectivity index (χ0n) is 20.4. The van der Waals surface area contributed by atoms with E-state index in [4.69, 9.17) is 0 Å². The molecule has 0 aromatic heterocycles. The largest absolute Gasteiger partial charge is 0.339 e. The van der Waals surface area contributed by atoms with Crippen LogP contribution in [0.4, 0.5) is 11.4 Å². The molecule has 6 nitrogen and oxygen atoms in total. The lowest BCUT2D eigenvalue weighted by Gasteiger charge is -2.32. The number of carbonyl (C=O) groups is 3. The predicted molar refractivity (Wildman–Crippen MR) is 137 cm³/mol. The summed E-state index contributed by atoms with van der Waals surface area (Å²) < 4.78 is 0. The van der Waals surface area contributed by atoms with Crippen molar-refractivity contribution in [2.45, 2.75) is 57.8 Å². The Bertz CT molecular complexity index is 1070. The highest BCUT2D eigenvalue weighted by atomic mass is 16.2. The van der Waals surface area contributed by atoms with Gasteiger partial charge < -0.3 is 15.1 Å². The van der Waals surface area contributed by atoms with Crippen molar-refractivity contribution in [2.24, 2.45) is 11.8 Å². The fourth-order valence-electron chi connectivity index (χ4n) is 5.90. The standard InChI is InChI=1S/C29H35N3O3/c33-27(30-23-15-13-22(14-16-23)28(34)31-18-7-1-2-8-19-31)24-10-4-5-11-25(24)29(35)32-20-17-21-9-3-6-12-26(21)32/h3,6,9,12-16,24-25H,1-2,4-5,7-8,10-11,17-20H2,(H,30,33). The minimum atomic E-state index is -0.331. The van der Waals surface area contributed by atoms with Gasteiger partial charge in [-0.3, -0.25) is 14.4 Å². The molecule has 2 heterocycles. The number of fused-ring (bicyclic) bond motifs is 1. The molecular weight excluding hydrogens is 438 g/mol. The van der Waals surface area contributed by atoms with Crippen LogP contribution in [-0.4, -0.2) is 42.3 Å². The number of nitrogens with one attached hydrogen (secondary N) is 1. The van der Waals surface area contributed by atoms with Crippen LogP contribution in [0.3, 0.4) is 0 Å². The first-order valence-electron chi connectivity index (χ1n) is 13.2. The van der Waals surface area contributed by atoms with Crippen molar-refractivity contribution in [3.8, 4) is 0 Å². The first-order chi connectivity index (χ1) is 17.1. The van der Waals surface area contributed by atoms with Crippen LogP contribution in [0.5, 0.6) is 0 Å². The van der Waals surface area contributed by atoms with Gasteiger partial charge in [0.15, 0.2) is 0 Å². The Hall–Kier alpha value is -3.15. The average molecular weight is 474 g/mol. The van der Waals surface area contributed by atoms with Gasteiger partial charge in [0.05, 0.1) is 5.92 Å². The second kappa shape index (κ2) is 10.6. The number of nitrogens with zero attached hydrogens (tertiary/aromatic N) is 2. The summed E-state index contributed by atoms with van der Waals surface area (Å²) in [6.45, 7) is 2.32. The summed E-state index contributed by atoms with van der Waals surface area (Å²) in [5.74, 6) is -0.579. The molecule has 3 aliphatic rings. The molecule has 3 amide bonds. The number of hydrogen-bond acceptors (Lipinski definition) is 3. The molecule has 1 saturated heterocycles. The van der Waals surface area contributed by atoms with E-state index in [2.05, 4.69) is 11.4 Å². The van der Waals surface area contributed by atoms with Gasteiger partial charge in [0.25, 0.3) is 5.91 Å². The number of hydrogen-bond donors (Lipinski definition) is 1. The van der Waals surface area contributed by atoms with Crippen molar-refractivity contribution < 1.29 is 14.4 Å². The highest BCUT2D eigenvalue weighted by Crippen LogP contribution is 2.36. The number of carbonyl (C=O) groups excluding carboxylic acids is 3. The summed E-state index contributed by atoms with van der Waals surface area (Å²) in [6, 6.07) is 15.3. The van der Waals surface area contributed by atoms with Crippen LogP contribution in [0.15, 0.2) is 48.5 Å². The van der Waals surface area contributed by atoms with Crippen LogP contribution < -0.4 is 10.2 Å². The fourth-order valence-corrected chi connectivity index (χ4v) is 5.90. The Morgan fingerprint density at radius 3 is 2.17 bits per heavy atom. The van der Waals surface area contributed by atoms with Crippen LogP contribution >= 0.6 is 0 Å². The Balaban J connectivity index is 1.24. The smallest absolute Gasteiger partial charge is 0.253 e. The van der Waals surface area contributed by atoms with E-state index in [1.54, 1.807) is 24.3 Å². The molecule has 35 heavy (non-hydrogen) atoms. The zero-order chi connectivity index (χ0) is 24.2. The zero-order valence-corrected chi connectivity index (χ0v) is 20.4. The van der Waals surface area contributed by atoms with Crippen LogP contribution in [0.2, 0.25) is 0 Å². The molecule has 1 saturated carbocycles. The third-order valence-corrected chi connectivity index (χ3v) is 7.87. The van der Waals surface area contributed by atoms with Gasteiger partial charge in [-0.1, -0.05) is 43.9 Å². The quantitative estimate of drug-likeness (QED) is 0.677. The normalized spacial score (nSPS) is 22.3. The van der Waals surface area contributed by atoms with Gasteiger partial charge in [0.1, 0.15) is 0 Å². The number of para-hydroxylation sites is 1. The topological polar surface area (TPSA) is 69.7 Å². The minimum absolute atomic E-state index is 0.0635. The maximum atomic E-state index is 13.5. The molecule has 2 aromatic rings. The lowest BCUT2D eigenvalue weighted by molar-refractivity contribution is -0.132. The number of likely N-dealkylation sites (tertiary alicyclic amines) is 1. The second-order valence-corrected chi connectivity index (χ2v) is 10.1. The third-order valence-electron chi connectivity index (χ3n) is 7.87. The highest BCUT2D eigenvalue weighted by molar-refractivity contribution is 6.02. The lowest BCUT2D eigenvalue weighted by atomic mass is 9.77. The van der Waals surface area contributed by atoms with Crippen LogP contribution in [0, 0.1) is 11.8 Å². The molecule has 2 fully saturated rings. The Labute approximate surface area is 207 Å². The number of amides is 3. The van der Waals surface area contributed by atoms with Gasteiger partial charge in [-0.25, -0.2) is 0 Å². The molecule has 2 unspecified atom stereocenters. The molecule has 6 heteroatoms. The van der Waals surface area contributed by atoms with Crippen molar-refractivity contribution in [2.75, 3.05) is 29.9 Å². The van der Waals surface area contributed by atoms with Gasteiger partial charge in [-0.05, 0) is 68.0 Å². The number of benzene rings is 2. The number of anilines is 2. The van der Waals surface area contributed by atoms with Crippen molar-refractivity contribution in [1.29, 1.82) is 0 Å². The lowest BCUT2D eigenvalue weighted by Crippen LogP contribution is -2.43. The van der Waals surface area contributed by atoms with Crippen LogP contribution in [-0.2, 0) is 16.0 Å². The SMILES string of the molecule is O=C(Nc1ccc(C(=O)N2CCCCCC2)cc1)C1CCCCC1C(=O)N1CCc2ccccc21. The minimum Gasteiger partial charge on any atom is -0.339 e. The van der Waals surface area contributed by atoms with Crippen LogP contribution in [0.1, 0.15) is 67.3 Å². The van der Waals surface area contributed by atoms with E-state index in [-0.39, 0.29) is 29.6 Å². The van der Waals surface area contributed by atoms with Gasteiger partial charge in [-0.2, -0.15) is 0 Å². The highest BCUT2D eigenvalue weighted by Gasteiger charge is 2.39. The molecule has 2 atom stereocenters. The van der Waals surface area contributed by atoms with Crippen molar-refractivity contribution in [3.63, 3.8) is 0 Å². The molecule has 0 radical (unpaired) electrons. The maximum absolute atomic E-state index is 13.5. The van der Waals surface area contributed by atoms with E-state index in [1.807, 2.05) is 28.0 Å². The fraction of sp³-hybridized carbons (Fsp3) is 0.483. The van der Waals surface area contributed by atoms with E-state index in [0.29, 0.717) is 17.8 Å². The van der Waals surface area contributed by atoms with Crippen molar-refractivity contribution in [3.05, 3.63) is 59.7 Å². The Morgan fingerprint density at radius 1 is 0.743 bits per heavy atom. The molecule has 2 aliphatic heterocycles. The van der Waals surface area contributed by atoms with Gasteiger partial charge in [0.2, 0.25) is 11.8 Å². The molecule has 184 valence electrons. The molecule has 5 rings (SSSR count). The summed E-state index contributed by atoms with van der Waals surface area (Å²) in [5, 5.41) is 3.03. The summed E-state index contributed by atoms with van der Waals surface area (Å²) in [4.78, 5) is 43.5. The van der Waals surface area contributed by atoms with E-state index >= 15 is 0 Å². The van der Waals surface area contributed by atoms with Crippen molar-refractivity contribution >= 4 is 29.1 Å². The predicted octanol–water partition coefficient (Wildman–Crippen LogP) is 5.04. The second-order valence-electron chi connectivity index (χ2n) is 10.1. The summed E-state index contributed by atoms with van der Waals surface area (Å²) in [7, 11) is 0. The Morgan fingerprint density at radius 2 is 1.43 bits per heavy atom. The van der Waals surface area contributed by atoms with E-state index in [0.717, 1.165) is 63.7 Å². The van der Waals surface area contributed by atoms with Crippen molar-refractivity contribution in [1.82, 2.24) is 4.90 Å².